The summed E-state index contributed by atoms with van der Waals surface area (Å²) < 4.78 is 1.90. The van der Waals surface area contributed by atoms with Gasteiger partial charge >= 0.3 is 6.09 Å². The van der Waals surface area contributed by atoms with E-state index in [2.05, 4.69) is 10.3 Å². The van der Waals surface area contributed by atoms with Crippen LogP contribution in [0.15, 0.2) is 24.4 Å². The first-order valence-corrected chi connectivity index (χ1v) is 5.06. The highest BCUT2D eigenvalue weighted by atomic mass is 16.4. The maximum absolute atomic E-state index is 10.7. The van der Waals surface area contributed by atoms with Gasteiger partial charge in [-0.05, 0) is 18.1 Å². The number of hydrogen-bond acceptors (Lipinski definition) is 2. The van der Waals surface area contributed by atoms with Crippen molar-refractivity contribution in [1.82, 2.24) is 9.38 Å². The molecule has 0 bridgehead atoms. The SMILES string of the molecule is CC(C)c1c(NC(=O)O)nc2ccccn12. The summed E-state index contributed by atoms with van der Waals surface area (Å²) in [5.41, 5.74) is 1.62. The minimum atomic E-state index is -1.09. The summed E-state index contributed by atoms with van der Waals surface area (Å²) in [6.45, 7) is 4.01. The maximum Gasteiger partial charge on any atom is 0.410 e. The number of carbonyl (C=O) groups is 1. The molecular weight excluding hydrogens is 206 g/mol. The maximum atomic E-state index is 10.7. The molecule has 0 unspecified atom stereocenters. The minimum Gasteiger partial charge on any atom is -0.465 e. The Morgan fingerprint density at radius 2 is 2.25 bits per heavy atom. The molecule has 0 fully saturated rings. The molecule has 0 aliphatic carbocycles. The predicted molar refractivity (Wildman–Crippen MR) is 60.9 cm³/mol. The Morgan fingerprint density at radius 3 is 2.88 bits per heavy atom. The van der Waals surface area contributed by atoms with Crippen LogP contribution in [0.4, 0.5) is 10.6 Å². The Morgan fingerprint density at radius 1 is 1.50 bits per heavy atom. The van der Waals surface area contributed by atoms with Crippen molar-refractivity contribution >= 4 is 17.6 Å². The molecule has 1 amide bonds. The highest BCUT2D eigenvalue weighted by Gasteiger charge is 2.16. The van der Waals surface area contributed by atoms with E-state index in [1.807, 2.05) is 42.6 Å². The quantitative estimate of drug-likeness (QED) is 0.815. The number of anilines is 1. The van der Waals surface area contributed by atoms with E-state index < -0.39 is 6.09 Å². The van der Waals surface area contributed by atoms with E-state index in [0.717, 1.165) is 11.3 Å². The number of rotatable bonds is 2. The van der Waals surface area contributed by atoms with Crippen LogP contribution in [0.3, 0.4) is 0 Å². The molecule has 0 radical (unpaired) electrons. The van der Waals surface area contributed by atoms with E-state index >= 15 is 0 Å². The molecule has 2 aromatic rings. The summed E-state index contributed by atoms with van der Waals surface area (Å²) in [7, 11) is 0. The van der Waals surface area contributed by atoms with Crippen LogP contribution >= 0.6 is 0 Å². The fourth-order valence-corrected chi connectivity index (χ4v) is 1.76. The van der Waals surface area contributed by atoms with Gasteiger partial charge in [0.15, 0.2) is 5.82 Å². The van der Waals surface area contributed by atoms with Gasteiger partial charge in [-0.1, -0.05) is 19.9 Å². The van der Waals surface area contributed by atoms with Crippen molar-refractivity contribution in [3.8, 4) is 0 Å². The first-order valence-electron chi connectivity index (χ1n) is 5.06. The molecule has 0 aliphatic rings. The van der Waals surface area contributed by atoms with Gasteiger partial charge in [0.2, 0.25) is 0 Å². The molecule has 0 saturated heterocycles. The fourth-order valence-electron chi connectivity index (χ4n) is 1.76. The van der Waals surface area contributed by atoms with Gasteiger partial charge in [0.05, 0.1) is 5.69 Å². The predicted octanol–water partition coefficient (Wildman–Crippen LogP) is 2.55. The van der Waals surface area contributed by atoms with Crippen LogP contribution in [0.5, 0.6) is 0 Å². The van der Waals surface area contributed by atoms with Crippen molar-refractivity contribution in [2.24, 2.45) is 0 Å². The zero-order valence-corrected chi connectivity index (χ0v) is 9.14. The third-order valence-electron chi connectivity index (χ3n) is 2.34. The second kappa shape index (κ2) is 3.84. The van der Waals surface area contributed by atoms with Gasteiger partial charge in [0, 0.05) is 6.20 Å². The Bertz CT molecular complexity index is 531. The summed E-state index contributed by atoms with van der Waals surface area (Å²) >= 11 is 0. The number of fused-ring (bicyclic) bond motifs is 1. The third kappa shape index (κ3) is 1.71. The summed E-state index contributed by atoms with van der Waals surface area (Å²) in [5, 5.41) is 11.1. The summed E-state index contributed by atoms with van der Waals surface area (Å²) in [6, 6.07) is 5.61. The van der Waals surface area contributed by atoms with E-state index in [1.165, 1.54) is 0 Å². The lowest BCUT2D eigenvalue weighted by molar-refractivity contribution is 0.209. The van der Waals surface area contributed by atoms with Crippen LogP contribution in [0, 0.1) is 0 Å². The number of pyridine rings is 1. The number of nitrogens with one attached hydrogen (secondary N) is 1. The molecule has 2 aromatic heterocycles. The van der Waals surface area contributed by atoms with Gasteiger partial charge in [-0.25, -0.2) is 9.78 Å². The second-order valence-electron chi connectivity index (χ2n) is 3.86. The zero-order chi connectivity index (χ0) is 11.7. The van der Waals surface area contributed by atoms with Crippen LogP contribution < -0.4 is 5.32 Å². The normalized spacial score (nSPS) is 10.9. The molecule has 0 saturated carbocycles. The molecular formula is C11H13N3O2. The topological polar surface area (TPSA) is 66.6 Å². The number of nitrogens with zero attached hydrogens (tertiary/aromatic N) is 2. The third-order valence-corrected chi connectivity index (χ3v) is 2.34. The molecule has 0 aromatic carbocycles. The average Bonchev–Trinajstić information content (AvgIpc) is 2.53. The summed E-state index contributed by atoms with van der Waals surface area (Å²) in [6.07, 6.45) is 0.787. The lowest BCUT2D eigenvalue weighted by atomic mass is 10.1. The van der Waals surface area contributed by atoms with Crippen LogP contribution in [0.1, 0.15) is 25.5 Å². The van der Waals surface area contributed by atoms with Crippen LogP contribution in [-0.4, -0.2) is 20.6 Å². The molecule has 0 spiro atoms. The molecule has 2 heterocycles. The summed E-state index contributed by atoms with van der Waals surface area (Å²) in [5.74, 6) is 0.605. The highest BCUT2D eigenvalue weighted by molar-refractivity contribution is 5.83. The van der Waals surface area contributed by atoms with E-state index in [-0.39, 0.29) is 5.92 Å². The summed E-state index contributed by atoms with van der Waals surface area (Å²) in [4.78, 5) is 14.9. The van der Waals surface area contributed by atoms with Crippen molar-refractivity contribution in [2.75, 3.05) is 5.32 Å². The molecule has 16 heavy (non-hydrogen) atoms. The largest absolute Gasteiger partial charge is 0.465 e. The average molecular weight is 219 g/mol. The van der Waals surface area contributed by atoms with E-state index in [4.69, 9.17) is 5.11 Å². The molecule has 2 N–H and O–H groups in total. The fraction of sp³-hybridized carbons (Fsp3) is 0.273. The van der Waals surface area contributed by atoms with Crippen molar-refractivity contribution in [3.05, 3.63) is 30.1 Å². The van der Waals surface area contributed by atoms with Crippen molar-refractivity contribution < 1.29 is 9.90 Å². The smallest absolute Gasteiger partial charge is 0.410 e. The molecule has 5 heteroatoms. The van der Waals surface area contributed by atoms with Gasteiger partial charge in [-0.15, -0.1) is 0 Å². The van der Waals surface area contributed by atoms with Gasteiger partial charge in [0.25, 0.3) is 0 Å². The zero-order valence-electron chi connectivity index (χ0n) is 9.14. The Hall–Kier alpha value is -2.04. The molecule has 2 rings (SSSR count). The van der Waals surface area contributed by atoms with Crippen molar-refractivity contribution in [2.45, 2.75) is 19.8 Å². The van der Waals surface area contributed by atoms with E-state index in [1.54, 1.807) is 0 Å². The van der Waals surface area contributed by atoms with Crippen molar-refractivity contribution in [3.63, 3.8) is 0 Å². The van der Waals surface area contributed by atoms with Crippen molar-refractivity contribution in [1.29, 1.82) is 0 Å². The molecule has 0 aliphatic heterocycles. The first kappa shape index (κ1) is 10.5. The standard InChI is InChI=1S/C11H13N3O2/c1-7(2)9-10(13-11(15)16)12-8-5-3-4-6-14(8)9/h3-7,13H,1-2H3,(H,15,16). The van der Waals surface area contributed by atoms with E-state index in [0.29, 0.717) is 5.82 Å². The second-order valence-corrected chi connectivity index (χ2v) is 3.86. The van der Waals surface area contributed by atoms with Gasteiger partial charge < -0.3 is 9.51 Å². The van der Waals surface area contributed by atoms with Gasteiger partial charge in [0.1, 0.15) is 5.65 Å². The number of carboxylic acid groups (broad SMARTS) is 1. The molecule has 5 nitrogen and oxygen atoms in total. The van der Waals surface area contributed by atoms with E-state index in [9.17, 15) is 4.79 Å². The highest BCUT2D eigenvalue weighted by Crippen LogP contribution is 2.25. The Kier molecular flexibility index (Phi) is 2.52. The van der Waals surface area contributed by atoms with Gasteiger partial charge in [-0.3, -0.25) is 5.32 Å². The van der Waals surface area contributed by atoms with Gasteiger partial charge in [-0.2, -0.15) is 0 Å². The Balaban J connectivity index is 2.63. The lowest BCUT2D eigenvalue weighted by Crippen LogP contribution is -2.10. The number of hydrogen-bond donors (Lipinski definition) is 2. The molecule has 84 valence electrons. The number of imidazole rings is 1. The van der Waals surface area contributed by atoms with Crippen LogP contribution in [-0.2, 0) is 0 Å². The minimum absolute atomic E-state index is 0.194. The lowest BCUT2D eigenvalue weighted by Gasteiger charge is -2.07. The molecule has 0 atom stereocenters. The number of amides is 1. The number of aromatic nitrogens is 2. The first-order chi connectivity index (χ1) is 7.59. The Labute approximate surface area is 92.7 Å². The van der Waals surface area contributed by atoms with Crippen LogP contribution in [0.2, 0.25) is 0 Å². The monoisotopic (exact) mass is 219 g/mol. The van der Waals surface area contributed by atoms with Crippen LogP contribution in [0.25, 0.3) is 5.65 Å².